The van der Waals surface area contributed by atoms with Gasteiger partial charge in [-0.05, 0) is 69.3 Å². The largest absolute Gasteiger partial charge is 0.492 e. The number of amides is 3. The highest BCUT2D eigenvalue weighted by atomic mass is 19.1. The minimum Gasteiger partial charge on any atom is -0.492 e. The molecule has 0 unspecified atom stereocenters. The van der Waals surface area contributed by atoms with E-state index >= 15 is 0 Å². The summed E-state index contributed by atoms with van der Waals surface area (Å²) in [5, 5.41) is 0. The second-order valence-corrected chi connectivity index (χ2v) is 6.18. The van der Waals surface area contributed by atoms with Crippen LogP contribution in [0.1, 0.15) is 20.8 Å². The molecule has 0 saturated heterocycles. The standard InChI is InChI=1S/C22H27FN2O5/c1-4-24(5-2)21(26)25(22(27)28-6-3)15-16-29-18-11-13-20(14-12-18)30-19-9-7-17(23)8-10-19/h7-14H,4-6,15-16H2,1-3H3. The van der Waals surface area contributed by atoms with E-state index in [1.165, 1.54) is 24.3 Å². The lowest BCUT2D eigenvalue weighted by molar-refractivity contribution is 0.0975. The summed E-state index contributed by atoms with van der Waals surface area (Å²) in [6, 6.07) is 12.1. The summed E-state index contributed by atoms with van der Waals surface area (Å²) in [5.74, 6) is 1.31. The molecule has 2 aromatic rings. The number of carbonyl (C=O) groups is 2. The first-order chi connectivity index (χ1) is 14.5. The van der Waals surface area contributed by atoms with Crippen LogP contribution in [0.15, 0.2) is 48.5 Å². The molecule has 30 heavy (non-hydrogen) atoms. The first-order valence-electron chi connectivity index (χ1n) is 9.87. The lowest BCUT2D eigenvalue weighted by Crippen LogP contribution is -2.48. The van der Waals surface area contributed by atoms with Crippen LogP contribution in [-0.2, 0) is 4.74 Å². The summed E-state index contributed by atoms with van der Waals surface area (Å²) in [5.41, 5.74) is 0. The number of hydrogen-bond acceptors (Lipinski definition) is 5. The number of carbonyl (C=O) groups excluding carboxylic acids is 2. The molecule has 3 amide bonds. The summed E-state index contributed by atoms with van der Waals surface area (Å²) >= 11 is 0. The number of rotatable bonds is 9. The first-order valence-corrected chi connectivity index (χ1v) is 9.87. The van der Waals surface area contributed by atoms with Gasteiger partial charge in [0.25, 0.3) is 0 Å². The average Bonchev–Trinajstić information content (AvgIpc) is 2.75. The fraction of sp³-hybridized carbons (Fsp3) is 0.364. The van der Waals surface area contributed by atoms with Crippen molar-refractivity contribution in [3.63, 3.8) is 0 Å². The third-order valence-corrected chi connectivity index (χ3v) is 4.21. The van der Waals surface area contributed by atoms with Crippen LogP contribution < -0.4 is 9.47 Å². The first kappa shape index (κ1) is 23.0. The number of imide groups is 1. The van der Waals surface area contributed by atoms with Gasteiger partial charge >= 0.3 is 12.1 Å². The van der Waals surface area contributed by atoms with Crippen LogP contribution in [0.2, 0.25) is 0 Å². The lowest BCUT2D eigenvalue weighted by Gasteiger charge is -2.27. The van der Waals surface area contributed by atoms with Crippen molar-refractivity contribution >= 4 is 12.1 Å². The maximum absolute atomic E-state index is 13.0. The second-order valence-electron chi connectivity index (χ2n) is 6.18. The van der Waals surface area contributed by atoms with E-state index in [0.717, 1.165) is 4.90 Å². The van der Waals surface area contributed by atoms with Gasteiger partial charge in [-0.15, -0.1) is 0 Å². The average molecular weight is 418 g/mol. The van der Waals surface area contributed by atoms with Gasteiger partial charge in [0, 0.05) is 13.1 Å². The SMILES string of the molecule is CCOC(=O)N(CCOc1ccc(Oc2ccc(F)cc2)cc1)C(=O)N(CC)CC. The van der Waals surface area contributed by atoms with Gasteiger partial charge in [0.05, 0.1) is 13.2 Å². The third-order valence-electron chi connectivity index (χ3n) is 4.21. The van der Waals surface area contributed by atoms with Crippen LogP contribution in [-0.4, -0.2) is 54.8 Å². The normalized spacial score (nSPS) is 10.3. The van der Waals surface area contributed by atoms with Gasteiger partial charge in [-0.25, -0.2) is 18.9 Å². The number of halogens is 1. The van der Waals surface area contributed by atoms with Gasteiger partial charge in [-0.3, -0.25) is 0 Å². The van der Waals surface area contributed by atoms with Crippen LogP contribution in [0.4, 0.5) is 14.0 Å². The molecule has 0 saturated carbocycles. The van der Waals surface area contributed by atoms with Crippen molar-refractivity contribution in [3.05, 3.63) is 54.3 Å². The lowest BCUT2D eigenvalue weighted by atomic mass is 10.3. The summed E-state index contributed by atoms with van der Waals surface area (Å²) in [6.07, 6.45) is -0.693. The number of ether oxygens (including phenoxy) is 3. The minimum atomic E-state index is -0.693. The molecule has 0 fully saturated rings. The smallest absolute Gasteiger partial charge is 0.418 e. The highest BCUT2D eigenvalue weighted by molar-refractivity contribution is 5.90. The molecule has 0 atom stereocenters. The van der Waals surface area contributed by atoms with E-state index < -0.39 is 12.1 Å². The van der Waals surface area contributed by atoms with Crippen LogP contribution >= 0.6 is 0 Å². The molecule has 0 N–H and O–H groups in total. The highest BCUT2D eigenvalue weighted by Gasteiger charge is 2.26. The molecular formula is C22H27FN2O5. The Labute approximate surface area is 175 Å². The van der Waals surface area contributed by atoms with Crippen molar-refractivity contribution in [2.75, 3.05) is 32.8 Å². The third kappa shape index (κ3) is 6.65. The predicted molar refractivity (Wildman–Crippen MR) is 110 cm³/mol. The topological polar surface area (TPSA) is 68.3 Å². The second kappa shape index (κ2) is 11.6. The van der Waals surface area contributed by atoms with Crippen molar-refractivity contribution < 1.29 is 28.2 Å². The van der Waals surface area contributed by atoms with Crippen molar-refractivity contribution in [3.8, 4) is 17.2 Å². The quantitative estimate of drug-likeness (QED) is 0.578. The van der Waals surface area contributed by atoms with Gasteiger partial charge in [0.15, 0.2) is 0 Å². The molecule has 0 aliphatic carbocycles. The van der Waals surface area contributed by atoms with Gasteiger partial charge in [0.2, 0.25) is 0 Å². The molecule has 0 aliphatic heterocycles. The molecule has 0 aromatic heterocycles. The molecule has 0 heterocycles. The van der Waals surface area contributed by atoms with Crippen molar-refractivity contribution in [2.45, 2.75) is 20.8 Å². The molecule has 0 radical (unpaired) electrons. The zero-order valence-corrected chi connectivity index (χ0v) is 17.5. The van der Waals surface area contributed by atoms with E-state index in [2.05, 4.69) is 0 Å². The summed E-state index contributed by atoms with van der Waals surface area (Å²) in [7, 11) is 0. The molecule has 162 valence electrons. The van der Waals surface area contributed by atoms with Crippen LogP contribution in [0.25, 0.3) is 0 Å². The van der Waals surface area contributed by atoms with E-state index in [1.54, 1.807) is 36.1 Å². The Bertz CT molecular complexity index is 807. The Morgan fingerprint density at radius 3 is 1.93 bits per heavy atom. The molecule has 2 rings (SSSR count). The van der Waals surface area contributed by atoms with Crippen LogP contribution in [0, 0.1) is 5.82 Å². The van der Waals surface area contributed by atoms with Gasteiger partial charge in [0.1, 0.15) is 29.7 Å². The molecule has 0 spiro atoms. The van der Waals surface area contributed by atoms with E-state index in [0.29, 0.717) is 30.3 Å². The zero-order chi connectivity index (χ0) is 21.9. The van der Waals surface area contributed by atoms with E-state index in [4.69, 9.17) is 14.2 Å². The van der Waals surface area contributed by atoms with Crippen LogP contribution in [0.5, 0.6) is 17.2 Å². The minimum absolute atomic E-state index is 0.0575. The summed E-state index contributed by atoms with van der Waals surface area (Å²) < 4.78 is 29.2. The van der Waals surface area contributed by atoms with Gasteiger partial charge in [-0.2, -0.15) is 0 Å². The van der Waals surface area contributed by atoms with Crippen molar-refractivity contribution in [1.82, 2.24) is 9.80 Å². The molecule has 2 aromatic carbocycles. The number of nitrogens with zero attached hydrogens (tertiary/aromatic N) is 2. The molecule has 0 aliphatic rings. The molecule has 7 nitrogen and oxygen atoms in total. The summed E-state index contributed by atoms with van der Waals surface area (Å²) in [6.45, 7) is 6.70. The Balaban J connectivity index is 1.92. The Kier molecular flexibility index (Phi) is 8.93. The number of urea groups is 1. The monoisotopic (exact) mass is 418 g/mol. The zero-order valence-electron chi connectivity index (χ0n) is 17.5. The fourth-order valence-electron chi connectivity index (χ4n) is 2.63. The van der Waals surface area contributed by atoms with E-state index in [9.17, 15) is 14.0 Å². The van der Waals surface area contributed by atoms with E-state index in [1.807, 2.05) is 13.8 Å². The fourth-order valence-corrected chi connectivity index (χ4v) is 2.63. The Morgan fingerprint density at radius 1 is 0.867 bits per heavy atom. The van der Waals surface area contributed by atoms with Gasteiger partial charge in [-0.1, -0.05) is 0 Å². The Morgan fingerprint density at radius 2 is 1.40 bits per heavy atom. The maximum atomic E-state index is 13.0. The predicted octanol–water partition coefficient (Wildman–Crippen LogP) is 4.92. The van der Waals surface area contributed by atoms with Crippen molar-refractivity contribution in [2.24, 2.45) is 0 Å². The Hall–Kier alpha value is -3.29. The van der Waals surface area contributed by atoms with E-state index in [-0.39, 0.29) is 25.6 Å². The molecule has 0 bridgehead atoms. The number of benzene rings is 2. The maximum Gasteiger partial charge on any atom is 0.418 e. The van der Waals surface area contributed by atoms with Gasteiger partial charge < -0.3 is 19.1 Å². The van der Waals surface area contributed by atoms with Crippen LogP contribution in [0.3, 0.4) is 0 Å². The molecule has 8 heteroatoms. The van der Waals surface area contributed by atoms with Crippen molar-refractivity contribution in [1.29, 1.82) is 0 Å². The summed E-state index contributed by atoms with van der Waals surface area (Å²) in [4.78, 5) is 27.3. The molecular weight excluding hydrogens is 391 g/mol. The number of hydrogen-bond donors (Lipinski definition) is 0. The highest BCUT2D eigenvalue weighted by Crippen LogP contribution is 2.24.